The van der Waals surface area contributed by atoms with E-state index in [1.165, 1.54) is 19.2 Å². The van der Waals surface area contributed by atoms with Crippen LogP contribution in [0.1, 0.15) is 52.7 Å². The first-order valence-corrected chi connectivity index (χ1v) is 9.58. The minimum Gasteiger partial charge on any atom is -0.493 e. The van der Waals surface area contributed by atoms with Gasteiger partial charge in [0, 0.05) is 16.7 Å². The molecule has 1 fully saturated rings. The van der Waals surface area contributed by atoms with Crippen LogP contribution in [0.4, 0.5) is 18.9 Å². The maximum absolute atomic E-state index is 13.4. The van der Waals surface area contributed by atoms with Crippen molar-refractivity contribution in [3.8, 4) is 11.5 Å². The molecule has 7 heteroatoms. The van der Waals surface area contributed by atoms with Gasteiger partial charge in [0.25, 0.3) is 5.91 Å². The van der Waals surface area contributed by atoms with Crippen LogP contribution in [0.25, 0.3) is 0 Å². The Hall–Kier alpha value is -2.70. The SMILES string of the molecule is COc1ccc(C(=O)Nc2c(CF)cc(CF)cc2CF)cc1OC1CCCC1. The van der Waals surface area contributed by atoms with Crippen LogP contribution in [0.2, 0.25) is 0 Å². The molecule has 1 saturated carbocycles. The lowest BCUT2D eigenvalue weighted by Crippen LogP contribution is -2.16. The molecule has 0 radical (unpaired) electrons. The molecule has 0 unspecified atom stereocenters. The zero-order valence-corrected chi connectivity index (χ0v) is 16.3. The second-order valence-corrected chi connectivity index (χ2v) is 7.03. The summed E-state index contributed by atoms with van der Waals surface area (Å²) < 4.78 is 51.1. The molecule has 0 aliphatic heterocycles. The van der Waals surface area contributed by atoms with Crippen molar-refractivity contribution in [2.75, 3.05) is 12.4 Å². The van der Waals surface area contributed by atoms with Crippen molar-refractivity contribution in [3.63, 3.8) is 0 Å². The van der Waals surface area contributed by atoms with E-state index >= 15 is 0 Å². The van der Waals surface area contributed by atoms with Crippen molar-refractivity contribution in [1.82, 2.24) is 0 Å². The second kappa shape index (κ2) is 9.67. The normalized spacial score (nSPS) is 14.1. The van der Waals surface area contributed by atoms with Crippen LogP contribution in [-0.2, 0) is 20.0 Å². The molecule has 1 amide bonds. The summed E-state index contributed by atoms with van der Waals surface area (Å²) in [6.45, 7) is -2.74. The molecular weight excluding hydrogens is 383 g/mol. The molecular formula is C22H24F3NO3. The highest BCUT2D eigenvalue weighted by atomic mass is 19.1. The molecule has 1 aliphatic rings. The van der Waals surface area contributed by atoms with Gasteiger partial charge in [-0.1, -0.05) is 0 Å². The number of halogens is 3. The van der Waals surface area contributed by atoms with Crippen molar-refractivity contribution >= 4 is 11.6 Å². The lowest BCUT2D eigenvalue weighted by Gasteiger charge is -2.18. The highest BCUT2D eigenvalue weighted by molar-refractivity contribution is 6.05. The number of benzene rings is 2. The third-order valence-corrected chi connectivity index (χ3v) is 5.06. The fraction of sp³-hybridized carbons (Fsp3) is 0.409. The van der Waals surface area contributed by atoms with Crippen molar-refractivity contribution < 1.29 is 27.4 Å². The molecule has 0 spiro atoms. The first kappa shape index (κ1) is 21.0. The molecule has 0 saturated heterocycles. The number of hydrogen-bond acceptors (Lipinski definition) is 3. The van der Waals surface area contributed by atoms with E-state index in [4.69, 9.17) is 9.47 Å². The number of ether oxygens (including phenoxy) is 2. The first-order valence-electron chi connectivity index (χ1n) is 9.58. The highest BCUT2D eigenvalue weighted by Crippen LogP contribution is 2.33. The Kier molecular flexibility index (Phi) is 7.01. The van der Waals surface area contributed by atoms with E-state index in [1.807, 2.05) is 0 Å². The van der Waals surface area contributed by atoms with E-state index in [0.717, 1.165) is 25.7 Å². The van der Waals surface area contributed by atoms with Crippen LogP contribution < -0.4 is 14.8 Å². The molecule has 156 valence electrons. The summed E-state index contributed by atoms with van der Waals surface area (Å²) in [7, 11) is 1.52. The number of amides is 1. The fourth-order valence-corrected chi connectivity index (χ4v) is 3.57. The lowest BCUT2D eigenvalue weighted by molar-refractivity contribution is 0.102. The zero-order valence-electron chi connectivity index (χ0n) is 16.3. The Morgan fingerprint density at radius 2 is 1.66 bits per heavy atom. The van der Waals surface area contributed by atoms with E-state index in [9.17, 15) is 18.0 Å². The Bertz CT molecular complexity index is 841. The van der Waals surface area contributed by atoms with Crippen LogP contribution in [0.15, 0.2) is 30.3 Å². The van der Waals surface area contributed by atoms with Crippen LogP contribution in [0.3, 0.4) is 0 Å². The molecule has 1 N–H and O–H groups in total. The maximum atomic E-state index is 13.4. The van der Waals surface area contributed by atoms with Crippen molar-refractivity contribution in [1.29, 1.82) is 0 Å². The number of carbonyl (C=O) groups excluding carboxylic acids is 1. The number of hydrogen-bond donors (Lipinski definition) is 1. The Morgan fingerprint density at radius 3 is 2.21 bits per heavy atom. The summed E-state index contributed by atoms with van der Waals surface area (Å²) in [6.07, 6.45) is 4.16. The van der Waals surface area contributed by atoms with Gasteiger partial charge in [0.05, 0.1) is 18.9 Å². The average Bonchev–Trinajstić information content (AvgIpc) is 3.26. The van der Waals surface area contributed by atoms with Gasteiger partial charge >= 0.3 is 0 Å². The fourth-order valence-electron chi connectivity index (χ4n) is 3.57. The number of rotatable bonds is 8. The summed E-state index contributed by atoms with van der Waals surface area (Å²) >= 11 is 0. The Balaban J connectivity index is 1.87. The van der Waals surface area contributed by atoms with E-state index in [1.54, 1.807) is 18.2 Å². The quantitative estimate of drug-likeness (QED) is 0.613. The highest BCUT2D eigenvalue weighted by Gasteiger charge is 2.21. The first-order chi connectivity index (χ1) is 14.1. The molecule has 2 aromatic carbocycles. The van der Waals surface area contributed by atoms with Gasteiger partial charge in [-0.3, -0.25) is 4.79 Å². The summed E-state index contributed by atoms with van der Waals surface area (Å²) in [4.78, 5) is 12.8. The minimum absolute atomic E-state index is 0.0336. The van der Waals surface area contributed by atoms with Crippen LogP contribution in [-0.4, -0.2) is 19.1 Å². The van der Waals surface area contributed by atoms with Gasteiger partial charge < -0.3 is 14.8 Å². The topological polar surface area (TPSA) is 47.6 Å². The van der Waals surface area contributed by atoms with E-state index in [-0.39, 0.29) is 34.0 Å². The molecule has 0 heterocycles. The zero-order chi connectivity index (χ0) is 20.8. The van der Waals surface area contributed by atoms with E-state index < -0.39 is 25.9 Å². The van der Waals surface area contributed by atoms with Gasteiger partial charge in [-0.05, 0) is 61.6 Å². The van der Waals surface area contributed by atoms with E-state index in [0.29, 0.717) is 11.5 Å². The van der Waals surface area contributed by atoms with Crippen LogP contribution >= 0.6 is 0 Å². The third kappa shape index (κ3) is 4.83. The maximum Gasteiger partial charge on any atom is 0.255 e. The lowest BCUT2D eigenvalue weighted by atomic mass is 10.0. The smallest absolute Gasteiger partial charge is 0.255 e. The molecule has 0 aromatic heterocycles. The number of carbonyl (C=O) groups is 1. The number of anilines is 1. The van der Waals surface area contributed by atoms with Gasteiger partial charge in [0.2, 0.25) is 0 Å². The predicted octanol–water partition coefficient (Wildman–Crippen LogP) is 5.68. The number of alkyl halides is 3. The van der Waals surface area contributed by atoms with Gasteiger partial charge in [0.15, 0.2) is 11.5 Å². The number of nitrogens with one attached hydrogen (secondary N) is 1. The molecule has 3 rings (SSSR count). The molecule has 29 heavy (non-hydrogen) atoms. The van der Waals surface area contributed by atoms with Gasteiger partial charge in [-0.25, -0.2) is 13.2 Å². The van der Waals surface area contributed by atoms with Crippen molar-refractivity contribution in [3.05, 3.63) is 52.6 Å². The summed E-state index contributed by atoms with van der Waals surface area (Å²) in [5, 5.41) is 2.57. The minimum atomic E-state index is -0.949. The second-order valence-electron chi connectivity index (χ2n) is 7.03. The predicted molar refractivity (Wildman–Crippen MR) is 105 cm³/mol. The molecule has 0 bridgehead atoms. The average molecular weight is 407 g/mol. The molecule has 1 aliphatic carbocycles. The van der Waals surface area contributed by atoms with Crippen molar-refractivity contribution in [2.24, 2.45) is 0 Å². The summed E-state index contributed by atoms with van der Waals surface area (Å²) in [5.74, 6) is 0.423. The molecule has 2 aromatic rings. The Labute approximate surface area is 168 Å². The summed E-state index contributed by atoms with van der Waals surface area (Å²) in [5.41, 5.74) is 0.545. The van der Waals surface area contributed by atoms with Crippen LogP contribution in [0.5, 0.6) is 11.5 Å². The monoisotopic (exact) mass is 407 g/mol. The van der Waals surface area contributed by atoms with Gasteiger partial charge in [0.1, 0.15) is 20.0 Å². The number of methoxy groups -OCH3 is 1. The standard InChI is InChI=1S/C22H24F3NO3/c1-28-19-7-6-15(10-20(19)29-18-4-2-3-5-18)22(27)26-21-16(12-24)8-14(11-23)9-17(21)13-25/h6-10,18H,2-5,11-13H2,1H3,(H,26,27). The largest absolute Gasteiger partial charge is 0.493 e. The third-order valence-electron chi connectivity index (χ3n) is 5.06. The summed E-state index contributed by atoms with van der Waals surface area (Å²) in [6, 6.07) is 7.31. The van der Waals surface area contributed by atoms with E-state index in [2.05, 4.69) is 5.32 Å². The van der Waals surface area contributed by atoms with Crippen molar-refractivity contribution in [2.45, 2.75) is 51.8 Å². The Morgan fingerprint density at radius 1 is 1.00 bits per heavy atom. The molecule has 0 atom stereocenters. The van der Waals surface area contributed by atoms with Crippen LogP contribution in [0, 0.1) is 0 Å². The molecule has 4 nitrogen and oxygen atoms in total. The van der Waals surface area contributed by atoms with Gasteiger partial charge in [-0.2, -0.15) is 0 Å². The van der Waals surface area contributed by atoms with Gasteiger partial charge in [-0.15, -0.1) is 0 Å².